The van der Waals surface area contributed by atoms with Gasteiger partial charge in [-0.3, -0.25) is 0 Å². The lowest BCUT2D eigenvalue weighted by Gasteiger charge is -2.08. The molecule has 0 fully saturated rings. The lowest BCUT2D eigenvalue weighted by molar-refractivity contribution is -0.424. The van der Waals surface area contributed by atoms with Gasteiger partial charge in [0.1, 0.15) is 7.05 Å². The molecular formula is C11H13NO2. The number of nitrogens with zero attached hydrogens (tertiary/aromatic N) is 1. The van der Waals surface area contributed by atoms with Gasteiger partial charge in [-0.25, -0.2) is 0 Å². The Morgan fingerprint density at radius 2 is 1.86 bits per heavy atom. The molecule has 0 aliphatic carbocycles. The summed E-state index contributed by atoms with van der Waals surface area (Å²) in [7, 11) is 12.1. The van der Waals surface area contributed by atoms with E-state index in [2.05, 4.69) is 0 Å². The maximum absolute atomic E-state index is 7.25. The standard InChI is InChI=1S/C11H13NO2/c1-12(2)8-9-5-6-10(13-3)11(7-9)14-4/h5-8H,1,3-4H3. The Morgan fingerprint density at radius 3 is 2.36 bits per heavy atom. The molecule has 0 aromatic heterocycles. The van der Waals surface area contributed by atoms with Gasteiger partial charge in [0.2, 0.25) is 0 Å². The lowest BCUT2D eigenvalue weighted by Crippen LogP contribution is -1.98. The number of ether oxygens (including phenoxy) is 2. The van der Waals surface area contributed by atoms with Crippen molar-refractivity contribution >= 4 is 6.21 Å². The molecule has 0 heterocycles. The van der Waals surface area contributed by atoms with Gasteiger partial charge in [-0.05, 0) is 17.7 Å². The molecule has 0 amide bonds. The Balaban J connectivity index is 3.07. The molecule has 0 saturated carbocycles. The predicted octanol–water partition coefficient (Wildman–Crippen LogP) is 1.31. The first-order valence-electron chi connectivity index (χ1n) is 4.18. The minimum absolute atomic E-state index is 0.670. The van der Waals surface area contributed by atoms with Crippen molar-refractivity contribution < 1.29 is 14.0 Å². The predicted molar refractivity (Wildman–Crippen MR) is 54.1 cm³/mol. The highest BCUT2D eigenvalue weighted by Gasteiger charge is 2.01. The summed E-state index contributed by atoms with van der Waals surface area (Å²) in [5.41, 5.74) is 0.903. The van der Waals surface area contributed by atoms with Crippen molar-refractivity contribution in [2.45, 2.75) is 0 Å². The van der Waals surface area contributed by atoms with Gasteiger partial charge >= 0.3 is 0 Å². The van der Waals surface area contributed by atoms with Crippen LogP contribution < -0.4 is 9.47 Å². The fourth-order valence-corrected chi connectivity index (χ4v) is 1.16. The third kappa shape index (κ3) is 2.42. The highest BCUT2D eigenvalue weighted by Crippen LogP contribution is 2.26. The minimum atomic E-state index is 0.670. The highest BCUT2D eigenvalue weighted by molar-refractivity contribution is 5.77. The van der Waals surface area contributed by atoms with Crippen molar-refractivity contribution in [3.8, 4) is 11.5 Å². The molecule has 0 N–H and O–H groups in total. The summed E-state index contributed by atoms with van der Waals surface area (Å²) in [4.78, 5) is 0. The summed E-state index contributed by atoms with van der Waals surface area (Å²) >= 11 is 0. The molecule has 1 aromatic carbocycles. The Labute approximate surface area is 84.6 Å². The van der Waals surface area contributed by atoms with E-state index >= 15 is 0 Å². The maximum atomic E-state index is 7.25. The van der Waals surface area contributed by atoms with E-state index in [-0.39, 0.29) is 0 Å². The molecule has 1 aromatic rings. The Bertz CT molecular complexity index is 341. The van der Waals surface area contributed by atoms with Gasteiger partial charge in [0.05, 0.1) is 14.2 Å². The van der Waals surface area contributed by atoms with Crippen LogP contribution in [-0.2, 0) is 0 Å². The molecule has 74 valence electrons. The van der Waals surface area contributed by atoms with E-state index in [1.807, 2.05) is 18.2 Å². The molecule has 0 saturated heterocycles. The number of rotatable bonds is 3. The minimum Gasteiger partial charge on any atom is -0.493 e. The van der Waals surface area contributed by atoms with Crippen LogP contribution in [-0.4, -0.2) is 32.1 Å². The molecule has 3 nitrogen and oxygen atoms in total. The molecule has 1 rings (SSSR count). The van der Waals surface area contributed by atoms with Crippen LogP contribution in [0.3, 0.4) is 0 Å². The summed E-state index contributed by atoms with van der Waals surface area (Å²) in [5.74, 6) is 1.36. The van der Waals surface area contributed by atoms with Gasteiger partial charge < -0.3 is 14.0 Å². The van der Waals surface area contributed by atoms with Crippen molar-refractivity contribution in [2.75, 3.05) is 21.3 Å². The summed E-state index contributed by atoms with van der Waals surface area (Å²) in [6, 6.07) is 5.50. The van der Waals surface area contributed by atoms with E-state index in [4.69, 9.17) is 16.5 Å². The van der Waals surface area contributed by atoms with Gasteiger partial charge in [-0.15, -0.1) is 0 Å². The molecular weight excluding hydrogens is 178 g/mol. The van der Waals surface area contributed by atoms with Gasteiger partial charge in [0.15, 0.2) is 11.5 Å². The van der Waals surface area contributed by atoms with Crippen molar-refractivity contribution in [3.05, 3.63) is 30.8 Å². The zero-order chi connectivity index (χ0) is 10.6. The number of benzene rings is 1. The van der Waals surface area contributed by atoms with Crippen molar-refractivity contribution in [3.63, 3.8) is 0 Å². The molecule has 0 spiro atoms. The fraction of sp³-hybridized carbons (Fsp3) is 0.273. The molecule has 0 bridgehead atoms. The van der Waals surface area contributed by atoms with Crippen LogP contribution >= 0.6 is 0 Å². The monoisotopic (exact) mass is 191 g/mol. The Morgan fingerprint density at radius 1 is 1.21 bits per heavy atom. The zero-order valence-electron chi connectivity index (χ0n) is 8.57. The van der Waals surface area contributed by atoms with E-state index in [0.717, 1.165) is 5.56 Å². The third-order valence-corrected chi connectivity index (χ3v) is 1.75. The topological polar surface area (TPSA) is 21.5 Å². The van der Waals surface area contributed by atoms with Crippen molar-refractivity contribution in [1.29, 1.82) is 0 Å². The summed E-state index contributed by atoms with van der Waals surface area (Å²) in [5, 5.41) is 0. The molecule has 2 radical (unpaired) electrons. The molecule has 0 atom stereocenters. The van der Waals surface area contributed by atoms with Crippen LogP contribution in [0.1, 0.15) is 5.56 Å². The number of hydrogen-bond donors (Lipinski definition) is 0. The zero-order valence-corrected chi connectivity index (χ0v) is 8.57. The second kappa shape index (κ2) is 4.56. The maximum Gasteiger partial charge on any atom is 0.160 e. The van der Waals surface area contributed by atoms with Crippen LogP contribution in [0.2, 0.25) is 0 Å². The van der Waals surface area contributed by atoms with Crippen LogP contribution in [0.25, 0.3) is 0 Å². The van der Waals surface area contributed by atoms with E-state index in [0.29, 0.717) is 11.5 Å². The van der Waals surface area contributed by atoms with Crippen LogP contribution in [0.5, 0.6) is 11.5 Å². The first kappa shape index (κ1) is 10.4. The average molecular weight is 191 g/mol. The molecule has 3 heteroatoms. The van der Waals surface area contributed by atoms with E-state index in [9.17, 15) is 0 Å². The van der Waals surface area contributed by atoms with Gasteiger partial charge in [0.25, 0.3) is 0 Å². The Kier molecular flexibility index (Phi) is 3.40. The van der Waals surface area contributed by atoms with E-state index in [1.54, 1.807) is 27.5 Å². The van der Waals surface area contributed by atoms with Crippen LogP contribution in [0.15, 0.2) is 18.2 Å². The van der Waals surface area contributed by atoms with Crippen LogP contribution in [0, 0.1) is 7.05 Å². The highest BCUT2D eigenvalue weighted by atomic mass is 16.5. The quantitative estimate of drug-likeness (QED) is 0.408. The fourth-order valence-electron chi connectivity index (χ4n) is 1.16. The Hall–Kier alpha value is -1.64. The first-order valence-corrected chi connectivity index (χ1v) is 4.18. The second-order valence-corrected chi connectivity index (χ2v) is 2.85. The summed E-state index contributed by atoms with van der Waals surface area (Å²) in [6.07, 6.45) is 1.68. The molecule has 14 heavy (non-hydrogen) atoms. The third-order valence-electron chi connectivity index (χ3n) is 1.75. The van der Waals surface area contributed by atoms with Gasteiger partial charge in [-0.1, -0.05) is 6.07 Å². The van der Waals surface area contributed by atoms with E-state index < -0.39 is 0 Å². The van der Waals surface area contributed by atoms with E-state index in [1.165, 1.54) is 4.58 Å². The van der Waals surface area contributed by atoms with Gasteiger partial charge in [-0.2, -0.15) is 0 Å². The molecule has 0 aliphatic rings. The van der Waals surface area contributed by atoms with Crippen molar-refractivity contribution in [2.24, 2.45) is 0 Å². The molecule has 0 aliphatic heterocycles. The SMILES string of the molecule is [C-][N+](C)=Cc1ccc(OC)c(OC)c1. The van der Waals surface area contributed by atoms with Crippen molar-refractivity contribution in [1.82, 2.24) is 0 Å². The second-order valence-electron chi connectivity index (χ2n) is 2.85. The van der Waals surface area contributed by atoms with Gasteiger partial charge in [0, 0.05) is 13.3 Å². The number of hydrogen-bond acceptors (Lipinski definition) is 2. The molecule has 0 unspecified atom stereocenters. The number of methoxy groups -OCH3 is 2. The van der Waals surface area contributed by atoms with Crippen LogP contribution in [0.4, 0.5) is 0 Å². The lowest BCUT2D eigenvalue weighted by atomic mass is 10.2. The first-order chi connectivity index (χ1) is 6.67. The summed E-state index contributed by atoms with van der Waals surface area (Å²) in [6.45, 7) is 0. The largest absolute Gasteiger partial charge is 0.493 e. The smallest absolute Gasteiger partial charge is 0.160 e. The average Bonchev–Trinajstić information content (AvgIpc) is 2.16. The normalized spacial score (nSPS) is 11.2. The summed E-state index contributed by atoms with van der Waals surface area (Å²) < 4.78 is 11.5.